The van der Waals surface area contributed by atoms with E-state index in [4.69, 9.17) is 11.1 Å². The Labute approximate surface area is 177 Å². The summed E-state index contributed by atoms with van der Waals surface area (Å²) in [6.07, 6.45) is -3.74. The molecule has 0 aromatic heterocycles. The molecule has 0 radical (unpaired) electrons. The van der Waals surface area contributed by atoms with Crippen LogP contribution in [0.1, 0.15) is 29.0 Å². The van der Waals surface area contributed by atoms with E-state index in [1.54, 1.807) is 36.4 Å². The SMILES string of the molecule is N=C(N)c1cccc([C@H]2C[C@H]2C(=O)Nc2ccc(-c3ccccc3C(F)(F)F)cc2)c1. The summed E-state index contributed by atoms with van der Waals surface area (Å²) in [7, 11) is 0. The molecule has 158 valence electrons. The molecule has 31 heavy (non-hydrogen) atoms. The monoisotopic (exact) mass is 423 g/mol. The Kier molecular flexibility index (Phi) is 5.27. The average Bonchev–Trinajstić information content (AvgIpc) is 3.55. The number of carbonyl (C=O) groups is 1. The van der Waals surface area contributed by atoms with Crippen LogP contribution in [0, 0.1) is 11.3 Å². The molecular weight excluding hydrogens is 403 g/mol. The molecule has 1 aliphatic carbocycles. The maximum atomic E-state index is 13.3. The fourth-order valence-electron chi connectivity index (χ4n) is 3.74. The second-order valence-corrected chi connectivity index (χ2v) is 7.60. The lowest BCUT2D eigenvalue weighted by atomic mass is 9.99. The second kappa shape index (κ2) is 7.91. The Morgan fingerprint density at radius 2 is 1.71 bits per heavy atom. The summed E-state index contributed by atoms with van der Waals surface area (Å²) < 4.78 is 39.8. The molecule has 4 rings (SSSR count). The van der Waals surface area contributed by atoms with Crippen molar-refractivity contribution in [2.45, 2.75) is 18.5 Å². The number of nitrogens with two attached hydrogens (primary N) is 1. The van der Waals surface area contributed by atoms with Crippen LogP contribution in [-0.4, -0.2) is 11.7 Å². The first-order valence-corrected chi connectivity index (χ1v) is 9.76. The van der Waals surface area contributed by atoms with E-state index in [-0.39, 0.29) is 29.1 Å². The number of benzene rings is 3. The summed E-state index contributed by atoms with van der Waals surface area (Å²) in [5.41, 5.74) is 7.48. The molecule has 0 spiro atoms. The normalized spacial score (nSPS) is 17.8. The van der Waals surface area contributed by atoms with Gasteiger partial charge in [-0.25, -0.2) is 0 Å². The molecule has 1 amide bonds. The van der Waals surface area contributed by atoms with Crippen molar-refractivity contribution in [3.63, 3.8) is 0 Å². The zero-order valence-electron chi connectivity index (χ0n) is 16.4. The summed E-state index contributed by atoms with van der Waals surface area (Å²) in [5.74, 6) is -0.276. The zero-order chi connectivity index (χ0) is 22.2. The summed E-state index contributed by atoms with van der Waals surface area (Å²) in [5, 5.41) is 10.4. The summed E-state index contributed by atoms with van der Waals surface area (Å²) in [4.78, 5) is 12.6. The smallest absolute Gasteiger partial charge is 0.384 e. The fourth-order valence-corrected chi connectivity index (χ4v) is 3.74. The molecule has 4 nitrogen and oxygen atoms in total. The highest BCUT2D eigenvalue weighted by Crippen LogP contribution is 2.48. The zero-order valence-corrected chi connectivity index (χ0v) is 16.4. The van der Waals surface area contributed by atoms with Crippen molar-refractivity contribution in [2.75, 3.05) is 5.32 Å². The van der Waals surface area contributed by atoms with E-state index in [1.165, 1.54) is 12.1 Å². The Morgan fingerprint density at radius 1 is 1.00 bits per heavy atom. The Balaban J connectivity index is 1.44. The standard InChI is InChI=1S/C24H20F3N3O/c25-24(26,27)21-7-2-1-6-18(21)14-8-10-17(11-9-14)30-23(31)20-13-19(20)15-4-3-5-16(12-15)22(28)29/h1-12,19-20H,13H2,(H3,28,29)(H,30,31)/t19-,20-/m1/s1. The third kappa shape index (κ3) is 4.45. The molecule has 0 unspecified atom stereocenters. The first-order valence-electron chi connectivity index (χ1n) is 9.76. The van der Waals surface area contributed by atoms with Crippen molar-refractivity contribution in [1.29, 1.82) is 5.41 Å². The molecular formula is C24H20F3N3O. The van der Waals surface area contributed by atoms with Crippen molar-refractivity contribution in [3.8, 4) is 11.1 Å². The van der Waals surface area contributed by atoms with E-state index in [1.807, 2.05) is 18.2 Å². The number of nitrogen functional groups attached to an aromatic ring is 1. The van der Waals surface area contributed by atoms with E-state index in [2.05, 4.69) is 5.32 Å². The lowest BCUT2D eigenvalue weighted by Gasteiger charge is -2.13. The van der Waals surface area contributed by atoms with E-state index >= 15 is 0 Å². The highest BCUT2D eigenvalue weighted by atomic mass is 19.4. The minimum atomic E-state index is -4.44. The van der Waals surface area contributed by atoms with Gasteiger partial charge >= 0.3 is 6.18 Å². The third-order valence-electron chi connectivity index (χ3n) is 5.45. The van der Waals surface area contributed by atoms with Crippen LogP contribution in [-0.2, 0) is 11.0 Å². The minimum absolute atomic E-state index is 0.0179. The molecule has 0 saturated heterocycles. The Morgan fingerprint density at radius 3 is 2.39 bits per heavy atom. The molecule has 2 atom stereocenters. The predicted octanol–water partition coefficient (Wildman–Crippen LogP) is 5.40. The molecule has 7 heteroatoms. The lowest BCUT2D eigenvalue weighted by Crippen LogP contribution is -2.15. The molecule has 0 bridgehead atoms. The molecule has 0 aliphatic heterocycles. The van der Waals surface area contributed by atoms with Gasteiger partial charge in [0.15, 0.2) is 0 Å². The second-order valence-electron chi connectivity index (χ2n) is 7.60. The molecule has 3 aromatic carbocycles. The molecule has 0 heterocycles. The van der Waals surface area contributed by atoms with Crippen LogP contribution in [0.5, 0.6) is 0 Å². The largest absolute Gasteiger partial charge is 0.417 e. The van der Waals surface area contributed by atoms with Gasteiger partial charge in [-0.2, -0.15) is 13.2 Å². The van der Waals surface area contributed by atoms with Crippen molar-refractivity contribution in [3.05, 3.63) is 89.5 Å². The van der Waals surface area contributed by atoms with Crippen molar-refractivity contribution in [2.24, 2.45) is 11.7 Å². The number of amides is 1. The number of anilines is 1. The quantitative estimate of drug-likeness (QED) is 0.380. The van der Waals surface area contributed by atoms with Gasteiger partial charge in [-0.15, -0.1) is 0 Å². The Bertz CT molecular complexity index is 1140. The fraction of sp³-hybridized carbons (Fsp3) is 0.167. The van der Waals surface area contributed by atoms with Gasteiger partial charge in [-0.1, -0.05) is 48.5 Å². The summed E-state index contributed by atoms with van der Waals surface area (Å²) in [6, 6.07) is 19.1. The van der Waals surface area contributed by atoms with Crippen LogP contribution in [0.3, 0.4) is 0 Å². The average molecular weight is 423 g/mol. The van der Waals surface area contributed by atoms with E-state index in [0.717, 1.165) is 11.6 Å². The summed E-state index contributed by atoms with van der Waals surface area (Å²) >= 11 is 0. The van der Waals surface area contributed by atoms with Crippen molar-refractivity contribution < 1.29 is 18.0 Å². The van der Waals surface area contributed by atoms with E-state index in [0.29, 0.717) is 23.2 Å². The van der Waals surface area contributed by atoms with Gasteiger partial charge in [0, 0.05) is 17.2 Å². The Hall–Kier alpha value is -3.61. The van der Waals surface area contributed by atoms with Gasteiger partial charge in [-0.05, 0) is 53.3 Å². The first kappa shape index (κ1) is 20.7. The van der Waals surface area contributed by atoms with Gasteiger partial charge in [0.1, 0.15) is 5.84 Å². The van der Waals surface area contributed by atoms with Crippen LogP contribution < -0.4 is 11.1 Å². The number of hydrogen-bond donors (Lipinski definition) is 3. The topological polar surface area (TPSA) is 79.0 Å². The number of nitrogens with one attached hydrogen (secondary N) is 2. The number of carbonyl (C=O) groups excluding carboxylic acids is 1. The number of alkyl halides is 3. The van der Waals surface area contributed by atoms with Gasteiger partial charge in [0.2, 0.25) is 5.91 Å². The van der Waals surface area contributed by atoms with E-state index in [9.17, 15) is 18.0 Å². The third-order valence-corrected chi connectivity index (χ3v) is 5.45. The lowest BCUT2D eigenvalue weighted by molar-refractivity contribution is -0.137. The van der Waals surface area contributed by atoms with Crippen LogP contribution in [0.25, 0.3) is 11.1 Å². The minimum Gasteiger partial charge on any atom is -0.384 e. The number of amidine groups is 1. The number of halogens is 3. The van der Waals surface area contributed by atoms with Crippen molar-refractivity contribution in [1.82, 2.24) is 0 Å². The van der Waals surface area contributed by atoms with Crippen molar-refractivity contribution >= 4 is 17.4 Å². The molecule has 1 aliphatic rings. The van der Waals surface area contributed by atoms with Gasteiger partial charge < -0.3 is 11.1 Å². The highest BCUT2D eigenvalue weighted by Gasteiger charge is 2.44. The molecule has 1 fully saturated rings. The van der Waals surface area contributed by atoms with Crippen LogP contribution in [0.2, 0.25) is 0 Å². The van der Waals surface area contributed by atoms with Gasteiger partial charge in [0.25, 0.3) is 0 Å². The van der Waals surface area contributed by atoms with Crippen LogP contribution >= 0.6 is 0 Å². The van der Waals surface area contributed by atoms with Gasteiger partial charge in [-0.3, -0.25) is 10.2 Å². The number of hydrogen-bond acceptors (Lipinski definition) is 2. The van der Waals surface area contributed by atoms with E-state index < -0.39 is 11.7 Å². The highest BCUT2D eigenvalue weighted by molar-refractivity contribution is 5.96. The van der Waals surface area contributed by atoms with Crippen LogP contribution in [0.4, 0.5) is 18.9 Å². The van der Waals surface area contributed by atoms with Gasteiger partial charge in [0.05, 0.1) is 5.56 Å². The van der Waals surface area contributed by atoms with Crippen LogP contribution in [0.15, 0.2) is 72.8 Å². The maximum Gasteiger partial charge on any atom is 0.417 e. The predicted molar refractivity (Wildman–Crippen MR) is 114 cm³/mol. The molecule has 1 saturated carbocycles. The summed E-state index contributed by atoms with van der Waals surface area (Å²) in [6.45, 7) is 0. The maximum absolute atomic E-state index is 13.3. The molecule has 3 aromatic rings. The molecule has 4 N–H and O–H groups in total. The first-order chi connectivity index (χ1) is 14.7. The number of rotatable bonds is 5.